The van der Waals surface area contributed by atoms with Crippen LogP contribution in [0.15, 0.2) is 12.1 Å². The van der Waals surface area contributed by atoms with Gasteiger partial charge in [-0.15, -0.1) is 0 Å². The van der Waals surface area contributed by atoms with Crippen LogP contribution in [-0.2, 0) is 6.42 Å². The lowest BCUT2D eigenvalue weighted by Crippen LogP contribution is -2.28. The minimum Gasteiger partial charge on any atom is -0.408 e. The van der Waals surface area contributed by atoms with Crippen LogP contribution < -0.4 is 20.1 Å². The molecule has 0 atom stereocenters. The first-order valence-corrected chi connectivity index (χ1v) is 13.1. The summed E-state index contributed by atoms with van der Waals surface area (Å²) < 4.78 is 10.9. The summed E-state index contributed by atoms with van der Waals surface area (Å²) in [5, 5.41) is 5.73. The van der Waals surface area contributed by atoms with E-state index < -0.39 is 12.2 Å². The van der Waals surface area contributed by atoms with Crippen molar-refractivity contribution in [1.82, 2.24) is 10.6 Å². The van der Waals surface area contributed by atoms with Gasteiger partial charge in [0.05, 0.1) is 30.1 Å². The van der Waals surface area contributed by atoms with Gasteiger partial charge < -0.3 is 20.1 Å². The second kappa shape index (κ2) is 14.5. The van der Waals surface area contributed by atoms with E-state index in [1.807, 2.05) is 13.8 Å². The Labute approximate surface area is 234 Å². The number of unbranched alkanes of at least 4 members (excludes halogenated alkanes) is 2. The third kappa shape index (κ3) is 8.38. The molecule has 0 radical (unpaired) electrons. The van der Waals surface area contributed by atoms with E-state index in [9.17, 15) is 9.59 Å². The fraction of sp³-hybridized carbons (Fsp3) is 0.391. The maximum Gasteiger partial charge on any atom is 0.412 e. The Morgan fingerprint density at radius 2 is 1.06 bits per heavy atom. The Balaban J connectivity index is 2.49. The van der Waals surface area contributed by atoms with Crippen LogP contribution in [0.3, 0.4) is 0 Å². The van der Waals surface area contributed by atoms with Gasteiger partial charge in [-0.25, -0.2) is 9.59 Å². The molecule has 0 aliphatic carbocycles. The number of halogens is 6. The molecule has 0 saturated carbocycles. The number of hydrogen-bond acceptors (Lipinski definition) is 4. The third-order valence-electron chi connectivity index (χ3n) is 4.78. The zero-order chi connectivity index (χ0) is 26.1. The second-order valence-corrected chi connectivity index (χ2v) is 9.82. The molecule has 35 heavy (non-hydrogen) atoms. The molecular formula is C23H24Cl6N2O4. The molecule has 2 rings (SSSR count). The Bertz CT molecular complexity index is 997. The first-order valence-electron chi connectivity index (χ1n) is 10.8. The molecule has 0 bridgehead atoms. The predicted octanol–water partition coefficient (Wildman–Crippen LogP) is 8.97. The molecule has 12 heteroatoms. The molecule has 0 aromatic heterocycles. The molecular weight excluding hydrogens is 581 g/mol. The van der Waals surface area contributed by atoms with Crippen molar-refractivity contribution in [3.8, 4) is 11.5 Å². The molecule has 0 spiro atoms. The highest BCUT2D eigenvalue weighted by Crippen LogP contribution is 2.45. The normalized spacial score (nSPS) is 10.7. The number of rotatable bonds is 10. The molecule has 0 saturated heterocycles. The highest BCUT2D eigenvalue weighted by atomic mass is 35.5. The van der Waals surface area contributed by atoms with Gasteiger partial charge in [0.25, 0.3) is 0 Å². The van der Waals surface area contributed by atoms with E-state index in [-0.39, 0.29) is 59.2 Å². The van der Waals surface area contributed by atoms with Crippen molar-refractivity contribution >= 4 is 81.8 Å². The van der Waals surface area contributed by atoms with E-state index in [4.69, 9.17) is 79.1 Å². The molecule has 2 N–H and O–H groups in total. The number of nitrogens with one attached hydrogen (secondary N) is 2. The maximum atomic E-state index is 12.3. The zero-order valence-electron chi connectivity index (χ0n) is 19.0. The maximum absolute atomic E-state index is 12.3. The van der Waals surface area contributed by atoms with E-state index in [2.05, 4.69) is 10.6 Å². The fourth-order valence-electron chi connectivity index (χ4n) is 2.96. The first kappa shape index (κ1) is 29.9. The molecule has 0 heterocycles. The minimum atomic E-state index is -0.720. The zero-order valence-corrected chi connectivity index (χ0v) is 23.5. The van der Waals surface area contributed by atoms with Gasteiger partial charge in [-0.1, -0.05) is 96.3 Å². The van der Waals surface area contributed by atoms with Crippen molar-refractivity contribution in [3.05, 3.63) is 53.4 Å². The van der Waals surface area contributed by atoms with Crippen molar-refractivity contribution < 1.29 is 19.1 Å². The van der Waals surface area contributed by atoms with Gasteiger partial charge in [0.1, 0.15) is 0 Å². The molecule has 0 unspecified atom stereocenters. The van der Waals surface area contributed by atoms with Crippen LogP contribution in [0.2, 0.25) is 30.1 Å². The Kier molecular flexibility index (Phi) is 12.4. The smallest absolute Gasteiger partial charge is 0.408 e. The summed E-state index contributed by atoms with van der Waals surface area (Å²) in [6.45, 7) is 4.82. The molecule has 6 nitrogen and oxygen atoms in total. The highest BCUT2D eigenvalue weighted by molar-refractivity contribution is 6.45. The monoisotopic (exact) mass is 602 g/mol. The molecule has 2 aromatic carbocycles. The minimum absolute atomic E-state index is 0.0272. The Morgan fingerprint density at radius 1 is 0.686 bits per heavy atom. The van der Waals surface area contributed by atoms with Crippen molar-refractivity contribution in [2.45, 2.75) is 46.0 Å². The van der Waals surface area contributed by atoms with Crippen molar-refractivity contribution in [2.75, 3.05) is 13.1 Å². The summed E-state index contributed by atoms with van der Waals surface area (Å²) >= 11 is 38.1. The van der Waals surface area contributed by atoms with Gasteiger partial charge in [0.15, 0.2) is 11.5 Å². The summed E-state index contributed by atoms with van der Waals surface area (Å²) in [6.07, 6.45) is 1.77. The number of carbonyl (C=O) groups is 2. The molecule has 2 aromatic rings. The van der Waals surface area contributed by atoms with Gasteiger partial charge in [-0.3, -0.25) is 0 Å². The number of hydrogen-bond donors (Lipinski definition) is 2. The van der Waals surface area contributed by atoms with E-state index in [0.29, 0.717) is 13.1 Å². The average Bonchev–Trinajstić information content (AvgIpc) is 2.80. The van der Waals surface area contributed by atoms with Crippen LogP contribution in [0.1, 0.15) is 50.7 Å². The van der Waals surface area contributed by atoms with E-state index in [0.717, 1.165) is 25.7 Å². The molecule has 0 aliphatic heterocycles. The molecule has 2 amide bonds. The summed E-state index contributed by atoms with van der Waals surface area (Å²) in [4.78, 5) is 24.7. The van der Waals surface area contributed by atoms with Crippen LogP contribution in [0.25, 0.3) is 0 Å². The van der Waals surface area contributed by atoms with E-state index in [1.54, 1.807) is 0 Å². The Morgan fingerprint density at radius 3 is 1.40 bits per heavy atom. The number of ether oxygens (including phenoxy) is 2. The molecule has 192 valence electrons. The SMILES string of the molecule is CCCCNC(=O)Oc1c(Cl)cc(Cl)c(Cl)c1Cc1c(Cl)c(Cl)cc(Cl)c1OC(=O)NCCCC. The van der Waals surface area contributed by atoms with Crippen molar-refractivity contribution in [3.63, 3.8) is 0 Å². The summed E-state index contributed by atoms with van der Waals surface area (Å²) in [6, 6.07) is 2.71. The van der Waals surface area contributed by atoms with Gasteiger partial charge in [0, 0.05) is 30.6 Å². The van der Waals surface area contributed by atoms with Crippen molar-refractivity contribution in [1.29, 1.82) is 0 Å². The first-order chi connectivity index (χ1) is 16.6. The van der Waals surface area contributed by atoms with Crippen LogP contribution in [0.5, 0.6) is 11.5 Å². The van der Waals surface area contributed by atoms with Crippen LogP contribution in [-0.4, -0.2) is 25.3 Å². The summed E-state index contributed by atoms with van der Waals surface area (Å²) in [5.41, 5.74) is 0.456. The molecule has 0 aliphatic rings. The van der Waals surface area contributed by atoms with Gasteiger partial charge in [-0.05, 0) is 25.0 Å². The summed E-state index contributed by atoms with van der Waals surface area (Å²) in [7, 11) is 0. The average molecular weight is 605 g/mol. The van der Waals surface area contributed by atoms with Crippen molar-refractivity contribution in [2.24, 2.45) is 0 Å². The second-order valence-electron chi connectivity index (χ2n) is 7.44. The van der Waals surface area contributed by atoms with E-state index >= 15 is 0 Å². The van der Waals surface area contributed by atoms with Gasteiger partial charge in [-0.2, -0.15) is 0 Å². The standard InChI is InChI=1S/C23H24Cl6N2O4/c1-3-5-7-30-22(32)34-20-12(18(28)14(24)10-16(20)26)9-13-19(29)15(25)11-17(27)21(13)35-23(33)31-8-6-4-2/h10-11H,3-9H2,1-2H3,(H,30,32)(H,31,33). The largest absolute Gasteiger partial charge is 0.412 e. The predicted molar refractivity (Wildman–Crippen MR) is 144 cm³/mol. The van der Waals surface area contributed by atoms with Gasteiger partial charge in [0.2, 0.25) is 0 Å². The van der Waals surface area contributed by atoms with Crippen LogP contribution in [0, 0.1) is 0 Å². The summed E-state index contributed by atoms with van der Waals surface area (Å²) in [5.74, 6) is -0.0545. The number of amides is 2. The lowest BCUT2D eigenvalue weighted by molar-refractivity contribution is 0.199. The topological polar surface area (TPSA) is 76.7 Å². The van der Waals surface area contributed by atoms with Crippen LogP contribution >= 0.6 is 69.6 Å². The van der Waals surface area contributed by atoms with Crippen LogP contribution in [0.4, 0.5) is 9.59 Å². The molecule has 0 fully saturated rings. The van der Waals surface area contributed by atoms with Gasteiger partial charge >= 0.3 is 12.2 Å². The quantitative estimate of drug-likeness (QED) is 0.210. The lowest BCUT2D eigenvalue weighted by atomic mass is 10.0. The highest BCUT2D eigenvalue weighted by Gasteiger charge is 2.25. The third-order valence-corrected chi connectivity index (χ3v) is 7.00. The number of carbonyl (C=O) groups excluding carboxylic acids is 2. The fourth-order valence-corrected chi connectivity index (χ4v) is 4.46. The number of benzene rings is 2. The van der Waals surface area contributed by atoms with E-state index in [1.165, 1.54) is 12.1 Å². The lowest BCUT2D eigenvalue weighted by Gasteiger charge is -2.19. The Hall–Kier alpha value is -1.28.